The normalized spacial score (nSPS) is 18.4. The Morgan fingerprint density at radius 3 is 2.43 bits per heavy atom. The van der Waals surface area contributed by atoms with Crippen LogP contribution in [0.25, 0.3) is 0 Å². The summed E-state index contributed by atoms with van der Waals surface area (Å²) in [5, 5.41) is 9.47. The summed E-state index contributed by atoms with van der Waals surface area (Å²) in [6.07, 6.45) is 3.01. The van der Waals surface area contributed by atoms with Crippen molar-refractivity contribution < 1.29 is 18.3 Å². The Labute approximate surface area is 132 Å². The van der Waals surface area contributed by atoms with Gasteiger partial charge in [-0.15, -0.1) is 0 Å². The first kappa shape index (κ1) is 16.5. The fraction of sp³-hybridized carbons (Fsp3) is 0.500. The number of hydrogen-bond acceptors (Lipinski definition) is 3. The number of aryl methyl sites for hydroxylation is 1. The maximum Gasteiger partial charge on any atom is 0.324 e. The van der Waals surface area contributed by atoms with E-state index in [1.54, 1.807) is 12.1 Å². The predicted molar refractivity (Wildman–Crippen MR) is 82.7 cm³/mol. The van der Waals surface area contributed by atoms with Crippen molar-refractivity contribution in [2.45, 2.75) is 49.5 Å². The van der Waals surface area contributed by atoms with Gasteiger partial charge in [-0.05, 0) is 53.4 Å². The molecule has 0 aromatic heterocycles. The van der Waals surface area contributed by atoms with Crippen molar-refractivity contribution in [2.24, 2.45) is 0 Å². The highest BCUT2D eigenvalue weighted by Crippen LogP contribution is 2.31. The zero-order valence-corrected chi connectivity index (χ0v) is 14.1. The van der Waals surface area contributed by atoms with Gasteiger partial charge in [0.15, 0.2) is 0 Å². The minimum absolute atomic E-state index is 0.0688. The molecule has 0 saturated heterocycles. The van der Waals surface area contributed by atoms with E-state index < -0.39 is 21.5 Å². The summed E-state index contributed by atoms with van der Waals surface area (Å²) in [5.41, 5.74) is -0.465. The number of hydrogen-bond donors (Lipinski definition) is 2. The number of carbonyl (C=O) groups is 1. The van der Waals surface area contributed by atoms with E-state index in [1.165, 1.54) is 6.07 Å². The maximum atomic E-state index is 12.5. The number of nitrogens with one attached hydrogen (secondary N) is 1. The highest BCUT2D eigenvalue weighted by molar-refractivity contribution is 9.10. The van der Waals surface area contributed by atoms with E-state index in [0.29, 0.717) is 30.2 Å². The molecule has 2 rings (SSSR count). The van der Waals surface area contributed by atoms with Crippen molar-refractivity contribution in [2.75, 3.05) is 0 Å². The van der Waals surface area contributed by atoms with Crippen molar-refractivity contribution in [1.82, 2.24) is 4.72 Å². The number of benzene rings is 1. The summed E-state index contributed by atoms with van der Waals surface area (Å²) in [4.78, 5) is 11.7. The summed E-state index contributed by atoms with van der Waals surface area (Å²) >= 11 is 3.24. The zero-order chi connectivity index (χ0) is 15.7. The van der Waals surface area contributed by atoms with Crippen molar-refractivity contribution >= 4 is 31.9 Å². The lowest BCUT2D eigenvalue weighted by Gasteiger charge is -2.33. The fourth-order valence-corrected chi connectivity index (χ4v) is 5.26. The first-order valence-electron chi connectivity index (χ1n) is 6.80. The third-order valence-corrected chi connectivity index (χ3v) is 6.34. The first-order chi connectivity index (χ1) is 9.77. The van der Waals surface area contributed by atoms with Gasteiger partial charge < -0.3 is 5.11 Å². The van der Waals surface area contributed by atoms with Crippen LogP contribution < -0.4 is 4.72 Å². The standard InChI is InChI=1S/C14H18BrNO4S/c1-10-5-6-12(11(15)9-10)21(19,20)16-14(13(17)18)7-3-2-4-8-14/h5-6,9,16H,2-4,7-8H2,1H3,(H,17,18). The smallest absolute Gasteiger partial charge is 0.324 e. The van der Waals surface area contributed by atoms with Crippen LogP contribution in [0.1, 0.15) is 37.7 Å². The number of sulfonamides is 1. The Hall–Kier alpha value is -0.920. The average Bonchev–Trinajstić information content (AvgIpc) is 2.38. The third-order valence-electron chi connectivity index (χ3n) is 3.82. The van der Waals surface area contributed by atoms with Crippen molar-refractivity contribution in [3.8, 4) is 0 Å². The van der Waals surface area contributed by atoms with Gasteiger partial charge in [-0.2, -0.15) is 4.72 Å². The molecule has 21 heavy (non-hydrogen) atoms. The van der Waals surface area contributed by atoms with Crippen LogP contribution in [0, 0.1) is 6.92 Å². The van der Waals surface area contributed by atoms with Gasteiger partial charge in [0, 0.05) is 4.47 Å². The molecule has 0 bridgehead atoms. The summed E-state index contributed by atoms with van der Waals surface area (Å²) < 4.78 is 27.9. The number of carboxylic acids is 1. The average molecular weight is 376 g/mol. The van der Waals surface area contributed by atoms with E-state index in [0.717, 1.165) is 12.0 Å². The molecule has 1 aromatic carbocycles. The van der Waals surface area contributed by atoms with E-state index in [4.69, 9.17) is 0 Å². The van der Waals surface area contributed by atoms with Gasteiger partial charge in [0.25, 0.3) is 0 Å². The Morgan fingerprint density at radius 2 is 1.90 bits per heavy atom. The second-order valence-electron chi connectivity index (χ2n) is 5.49. The van der Waals surface area contributed by atoms with Crippen molar-refractivity contribution in [3.63, 3.8) is 0 Å². The Morgan fingerprint density at radius 1 is 1.29 bits per heavy atom. The molecule has 0 aliphatic heterocycles. The Balaban J connectivity index is 2.37. The van der Waals surface area contributed by atoms with Crippen molar-refractivity contribution in [3.05, 3.63) is 28.2 Å². The second-order valence-corrected chi connectivity index (χ2v) is 7.99. The highest BCUT2D eigenvalue weighted by Gasteiger charge is 2.43. The predicted octanol–water partition coefficient (Wildman–Crippen LogP) is 2.82. The Bertz CT molecular complexity index is 651. The minimum Gasteiger partial charge on any atom is -0.480 e. The summed E-state index contributed by atoms with van der Waals surface area (Å²) in [5.74, 6) is -1.10. The van der Waals surface area contributed by atoms with Crippen LogP contribution in [-0.2, 0) is 14.8 Å². The molecule has 0 unspecified atom stereocenters. The van der Waals surface area contributed by atoms with E-state index in [9.17, 15) is 18.3 Å². The van der Waals surface area contributed by atoms with Crippen LogP contribution in [0.5, 0.6) is 0 Å². The van der Waals surface area contributed by atoms with Crippen LogP contribution in [0.4, 0.5) is 0 Å². The molecular weight excluding hydrogens is 358 g/mol. The molecule has 0 heterocycles. The first-order valence-corrected chi connectivity index (χ1v) is 9.08. The van der Waals surface area contributed by atoms with Crippen LogP contribution in [0.15, 0.2) is 27.6 Å². The largest absolute Gasteiger partial charge is 0.480 e. The molecule has 5 nitrogen and oxygen atoms in total. The molecule has 1 saturated carbocycles. The van der Waals surface area contributed by atoms with Gasteiger partial charge in [-0.3, -0.25) is 4.79 Å². The summed E-state index contributed by atoms with van der Waals surface area (Å²) in [7, 11) is -3.89. The lowest BCUT2D eigenvalue weighted by Crippen LogP contribution is -2.55. The fourth-order valence-electron chi connectivity index (χ4n) is 2.65. The van der Waals surface area contributed by atoms with Gasteiger partial charge >= 0.3 is 5.97 Å². The monoisotopic (exact) mass is 375 g/mol. The molecule has 0 spiro atoms. The van der Waals surface area contributed by atoms with Gasteiger partial charge in [0.05, 0.1) is 4.90 Å². The van der Waals surface area contributed by atoms with E-state index in [2.05, 4.69) is 20.7 Å². The van der Waals surface area contributed by atoms with E-state index in [-0.39, 0.29) is 4.90 Å². The quantitative estimate of drug-likeness (QED) is 0.847. The number of rotatable bonds is 4. The molecule has 1 aromatic rings. The van der Waals surface area contributed by atoms with Gasteiger partial charge in [-0.25, -0.2) is 8.42 Å². The van der Waals surface area contributed by atoms with Crippen LogP contribution in [-0.4, -0.2) is 25.0 Å². The maximum absolute atomic E-state index is 12.5. The number of carboxylic acid groups (broad SMARTS) is 1. The number of aliphatic carboxylic acids is 1. The molecule has 2 N–H and O–H groups in total. The van der Waals surface area contributed by atoms with Crippen LogP contribution >= 0.6 is 15.9 Å². The number of halogens is 1. The molecule has 116 valence electrons. The van der Waals surface area contributed by atoms with Gasteiger partial charge in [0.2, 0.25) is 10.0 Å². The molecule has 1 aliphatic rings. The minimum atomic E-state index is -3.89. The molecule has 0 radical (unpaired) electrons. The highest BCUT2D eigenvalue weighted by atomic mass is 79.9. The van der Waals surface area contributed by atoms with E-state index in [1.807, 2.05) is 6.92 Å². The van der Waals surface area contributed by atoms with Crippen LogP contribution in [0.3, 0.4) is 0 Å². The van der Waals surface area contributed by atoms with Gasteiger partial charge in [-0.1, -0.05) is 25.3 Å². The lowest BCUT2D eigenvalue weighted by atomic mass is 9.83. The molecule has 1 aliphatic carbocycles. The molecular formula is C14H18BrNO4S. The molecule has 7 heteroatoms. The second kappa shape index (κ2) is 6.06. The van der Waals surface area contributed by atoms with E-state index >= 15 is 0 Å². The molecule has 0 atom stereocenters. The summed E-state index contributed by atoms with van der Waals surface area (Å²) in [6.45, 7) is 1.86. The molecule has 1 fully saturated rings. The zero-order valence-electron chi connectivity index (χ0n) is 11.7. The Kier molecular flexibility index (Phi) is 4.75. The topological polar surface area (TPSA) is 83.5 Å². The SMILES string of the molecule is Cc1ccc(S(=O)(=O)NC2(C(=O)O)CCCCC2)c(Br)c1. The van der Waals surface area contributed by atoms with Gasteiger partial charge in [0.1, 0.15) is 5.54 Å². The van der Waals surface area contributed by atoms with Crippen LogP contribution in [0.2, 0.25) is 0 Å². The molecule has 0 amide bonds. The third kappa shape index (κ3) is 3.46. The lowest BCUT2D eigenvalue weighted by molar-refractivity contribution is -0.145. The summed E-state index contributed by atoms with van der Waals surface area (Å²) in [6, 6.07) is 4.87. The van der Waals surface area contributed by atoms with Crippen molar-refractivity contribution in [1.29, 1.82) is 0 Å².